The number of aromatic nitrogens is 1. The first kappa shape index (κ1) is 24.0. The van der Waals surface area contributed by atoms with Gasteiger partial charge in [0.15, 0.2) is 12.1 Å². The molecule has 0 spiro atoms. The molecule has 0 fully saturated rings. The number of hydrogen-bond acceptors (Lipinski definition) is 7. The zero-order valence-corrected chi connectivity index (χ0v) is 19.5. The number of esters is 1. The number of rotatable bonds is 8. The Morgan fingerprint density at radius 3 is 2.60 bits per heavy atom. The maximum atomic E-state index is 13.8. The van der Waals surface area contributed by atoms with Gasteiger partial charge in [-0.05, 0) is 61.0 Å². The quantitative estimate of drug-likeness (QED) is 0.352. The maximum Gasteiger partial charge on any atom is 0.345 e. The van der Waals surface area contributed by atoms with Crippen LogP contribution in [0.1, 0.15) is 12.5 Å². The van der Waals surface area contributed by atoms with E-state index in [1.807, 2.05) is 0 Å². The summed E-state index contributed by atoms with van der Waals surface area (Å²) in [7, 11) is 0. The third kappa shape index (κ3) is 5.88. The molecule has 3 aromatic rings. The number of hydrogen-bond donors (Lipinski definition) is 2. The number of nitrogens with one attached hydrogen (secondary N) is 2. The molecule has 0 bridgehead atoms. The van der Waals surface area contributed by atoms with Crippen LogP contribution in [0.2, 0.25) is 5.02 Å². The van der Waals surface area contributed by atoms with E-state index in [-0.39, 0.29) is 24.6 Å². The van der Waals surface area contributed by atoms with Crippen molar-refractivity contribution in [3.05, 3.63) is 95.0 Å². The minimum atomic E-state index is -0.701. The average Bonchev–Trinajstić information content (AvgIpc) is 2.85. The summed E-state index contributed by atoms with van der Waals surface area (Å²) >= 11 is 5.98. The molecule has 2 N–H and O–H groups in total. The summed E-state index contributed by atoms with van der Waals surface area (Å²) in [4.78, 5) is 30.8. The number of anilines is 1. The normalized spacial score (nSPS) is 15.2. The molecule has 2 heterocycles. The van der Waals surface area contributed by atoms with Crippen molar-refractivity contribution in [3.63, 3.8) is 0 Å². The molecule has 1 aliphatic rings. The van der Waals surface area contributed by atoms with E-state index in [0.29, 0.717) is 16.5 Å². The lowest BCUT2D eigenvalue weighted by molar-refractivity contribution is -0.143. The molecular formula is C25H22ClFN4O4. The Balaban J connectivity index is 1.52. The first-order valence-corrected chi connectivity index (χ1v) is 11.2. The summed E-state index contributed by atoms with van der Waals surface area (Å²) < 4.78 is 24.3. The number of carbonyl (C=O) groups is 2. The van der Waals surface area contributed by atoms with Gasteiger partial charge >= 0.3 is 5.97 Å². The molecule has 180 valence electrons. The predicted molar refractivity (Wildman–Crippen MR) is 128 cm³/mol. The molecule has 10 heteroatoms. The van der Waals surface area contributed by atoms with E-state index >= 15 is 0 Å². The lowest BCUT2D eigenvalue weighted by Gasteiger charge is -2.36. The zero-order chi connectivity index (χ0) is 24.8. The Morgan fingerprint density at radius 1 is 1.17 bits per heavy atom. The number of nitrogens with zero attached hydrogens (tertiary/aromatic N) is 2. The first-order chi connectivity index (χ1) is 16.9. The summed E-state index contributed by atoms with van der Waals surface area (Å²) in [6.45, 7) is 2.03. The molecular weight excluding hydrogens is 475 g/mol. The van der Waals surface area contributed by atoms with Crippen molar-refractivity contribution in [3.8, 4) is 11.6 Å². The van der Waals surface area contributed by atoms with E-state index < -0.39 is 24.0 Å². The van der Waals surface area contributed by atoms with Crippen molar-refractivity contribution in [2.75, 3.05) is 11.9 Å². The number of halogens is 2. The van der Waals surface area contributed by atoms with Crippen molar-refractivity contribution >= 4 is 29.2 Å². The van der Waals surface area contributed by atoms with Crippen LogP contribution in [0.15, 0.2) is 78.6 Å². The van der Waals surface area contributed by atoms with Crippen molar-refractivity contribution < 1.29 is 23.5 Å². The number of carbonyl (C=O) groups excluding carboxylic acids is 2. The van der Waals surface area contributed by atoms with E-state index in [0.717, 1.165) is 5.56 Å². The van der Waals surface area contributed by atoms with E-state index in [4.69, 9.17) is 21.1 Å². The van der Waals surface area contributed by atoms with Gasteiger partial charge in [-0.3, -0.25) is 9.69 Å². The number of ether oxygens (including phenoxy) is 2. The minimum Gasteiger partial charge on any atom is -0.462 e. The molecule has 0 saturated carbocycles. The van der Waals surface area contributed by atoms with Crippen LogP contribution >= 0.6 is 11.6 Å². The monoisotopic (exact) mass is 496 g/mol. The molecule has 8 nitrogen and oxygen atoms in total. The Labute approximate surface area is 206 Å². The topological polar surface area (TPSA) is 92.8 Å². The van der Waals surface area contributed by atoms with Crippen LogP contribution in [0.25, 0.3) is 0 Å². The highest BCUT2D eigenvalue weighted by atomic mass is 35.5. The van der Waals surface area contributed by atoms with E-state index in [1.165, 1.54) is 29.4 Å². The van der Waals surface area contributed by atoms with E-state index in [2.05, 4.69) is 15.6 Å². The van der Waals surface area contributed by atoms with E-state index in [1.54, 1.807) is 55.5 Å². The Kier molecular flexibility index (Phi) is 7.47. The fourth-order valence-electron chi connectivity index (χ4n) is 3.35. The first-order valence-electron chi connectivity index (χ1n) is 10.8. The molecule has 4 rings (SSSR count). The van der Waals surface area contributed by atoms with Gasteiger partial charge in [0.25, 0.3) is 11.8 Å². The van der Waals surface area contributed by atoms with Crippen molar-refractivity contribution in [2.24, 2.45) is 0 Å². The van der Waals surface area contributed by atoms with Crippen LogP contribution < -0.4 is 15.4 Å². The fraction of sp³-hybridized carbons (Fsp3) is 0.160. The second-order valence-corrected chi connectivity index (χ2v) is 7.90. The van der Waals surface area contributed by atoms with Crippen molar-refractivity contribution in [1.82, 2.24) is 15.2 Å². The highest BCUT2D eigenvalue weighted by Crippen LogP contribution is 2.25. The van der Waals surface area contributed by atoms with Gasteiger partial charge in [0, 0.05) is 29.7 Å². The third-order valence-corrected chi connectivity index (χ3v) is 5.30. The molecule has 1 atom stereocenters. The highest BCUT2D eigenvalue weighted by molar-refractivity contribution is 6.30. The van der Waals surface area contributed by atoms with Gasteiger partial charge in [-0.15, -0.1) is 0 Å². The van der Waals surface area contributed by atoms with Gasteiger partial charge in [0.05, 0.1) is 6.61 Å². The van der Waals surface area contributed by atoms with Crippen LogP contribution in [-0.2, 0) is 20.9 Å². The molecule has 0 radical (unpaired) electrons. The van der Waals surface area contributed by atoms with Gasteiger partial charge in [-0.25, -0.2) is 14.2 Å². The lowest BCUT2D eigenvalue weighted by atomic mass is 10.1. The lowest BCUT2D eigenvalue weighted by Crippen LogP contribution is -2.55. The number of pyridine rings is 1. The van der Waals surface area contributed by atoms with Gasteiger partial charge in [0.1, 0.15) is 11.3 Å². The summed E-state index contributed by atoms with van der Waals surface area (Å²) in [5.41, 5.74) is 1.38. The smallest absolute Gasteiger partial charge is 0.345 e. The van der Waals surface area contributed by atoms with Crippen molar-refractivity contribution in [2.45, 2.75) is 19.8 Å². The Morgan fingerprint density at radius 2 is 1.91 bits per heavy atom. The van der Waals surface area contributed by atoms with Crippen LogP contribution in [0, 0.1) is 5.82 Å². The maximum absolute atomic E-state index is 13.8. The van der Waals surface area contributed by atoms with Crippen LogP contribution in [-0.4, -0.2) is 34.7 Å². The van der Waals surface area contributed by atoms with E-state index in [9.17, 15) is 14.0 Å². The molecule has 0 aliphatic carbocycles. The predicted octanol–water partition coefficient (Wildman–Crippen LogP) is 4.44. The molecule has 1 aliphatic heterocycles. The van der Waals surface area contributed by atoms with Gasteiger partial charge < -0.3 is 20.1 Å². The van der Waals surface area contributed by atoms with Gasteiger partial charge in [-0.2, -0.15) is 0 Å². The van der Waals surface area contributed by atoms with Crippen LogP contribution in [0.3, 0.4) is 0 Å². The third-order valence-electron chi connectivity index (χ3n) is 5.05. The van der Waals surface area contributed by atoms with Crippen LogP contribution in [0.4, 0.5) is 10.1 Å². The summed E-state index contributed by atoms with van der Waals surface area (Å²) in [5, 5.41) is 6.83. The SMILES string of the molecule is CCOC(=O)C1=CNC(Nc2ccc(Oc3ncccc3F)cc2)N(Cc2ccc(Cl)cc2)C1=O. The molecule has 1 unspecified atom stereocenters. The summed E-state index contributed by atoms with van der Waals surface area (Å²) in [6.07, 6.45) is 2.11. The van der Waals surface area contributed by atoms with Gasteiger partial charge in [-0.1, -0.05) is 23.7 Å². The average molecular weight is 497 g/mol. The summed E-state index contributed by atoms with van der Waals surface area (Å²) in [5.74, 6) is -1.49. The largest absolute Gasteiger partial charge is 0.462 e. The minimum absolute atomic E-state index is 0.0972. The molecule has 1 aromatic heterocycles. The molecule has 1 amide bonds. The molecule has 0 saturated heterocycles. The second kappa shape index (κ2) is 10.9. The fourth-order valence-corrected chi connectivity index (χ4v) is 3.47. The zero-order valence-electron chi connectivity index (χ0n) is 18.7. The Hall–Kier alpha value is -4.11. The Bertz CT molecular complexity index is 1230. The van der Waals surface area contributed by atoms with Crippen LogP contribution in [0.5, 0.6) is 11.6 Å². The second-order valence-electron chi connectivity index (χ2n) is 7.47. The van der Waals surface area contributed by atoms with Crippen molar-refractivity contribution in [1.29, 1.82) is 0 Å². The standard InChI is InChI=1S/C25H22ClFN4O4/c1-2-34-24(33)20-14-29-25(31(23(20)32)15-16-5-7-17(26)8-6-16)30-18-9-11-19(12-10-18)35-22-21(27)4-3-13-28-22/h3-14,25,29-30H,2,15H2,1H3. The number of amides is 1. The number of benzene rings is 2. The molecule has 35 heavy (non-hydrogen) atoms. The summed E-state index contributed by atoms with van der Waals surface area (Å²) in [6, 6.07) is 16.5. The molecule has 2 aromatic carbocycles. The van der Waals surface area contributed by atoms with Gasteiger partial charge in [0.2, 0.25) is 0 Å². The highest BCUT2D eigenvalue weighted by Gasteiger charge is 2.34.